The summed E-state index contributed by atoms with van der Waals surface area (Å²) in [6, 6.07) is 18.4. The monoisotopic (exact) mass is 595 g/mol. The third-order valence-corrected chi connectivity index (χ3v) is 8.02. The molecule has 3 heterocycles. The molecule has 220 valence electrons. The molecule has 0 saturated carbocycles. The van der Waals surface area contributed by atoms with Crippen LogP contribution in [0.2, 0.25) is 0 Å². The Bertz CT molecular complexity index is 1990. The predicted octanol–water partition coefficient (Wildman–Crippen LogP) is 7.04. The summed E-state index contributed by atoms with van der Waals surface area (Å²) in [6.45, 7) is 2.58. The number of carbonyl (C=O) groups is 1. The van der Waals surface area contributed by atoms with Crippen molar-refractivity contribution in [1.29, 1.82) is 5.26 Å². The predicted molar refractivity (Wildman–Crippen MR) is 154 cm³/mol. The molecule has 0 N–H and O–H groups in total. The minimum absolute atomic E-state index is 0.0480. The van der Waals surface area contributed by atoms with Crippen molar-refractivity contribution in [2.45, 2.75) is 38.7 Å². The normalized spacial score (nSPS) is 17.0. The molecular formula is C34H24F3N3O4. The quantitative estimate of drug-likeness (QED) is 0.188. The Morgan fingerprint density at radius 1 is 1.02 bits per heavy atom. The van der Waals surface area contributed by atoms with Crippen LogP contribution >= 0.6 is 0 Å². The number of aromatic nitrogens is 2. The fourth-order valence-corrected chi connectivity index (χ4v) is 5.57. The number of fused-ring (bicyclic) bond motifs is 2. The van der Waals surface area contributed by atoms with Crippen molar-refractivity contribution in [1.82, 2.24) is 9.55 Å². The van der Waals surface area contributed by atoms with Crippen LogP contribution in [-0.2, 0) is 17.7 Å². The number of Topliss-reactive ketones (excluding diaryl/α,β-unsaturated/α-hetero) is 1. The summed E-state index contributed by atoms with van der Waals surface area (Å²) in [6.07, 6.45) is -0.451. The molecule has 10 heteroatoms. The van der Waals surface area contributed by atoms with Crippen LogP contribution in [-0.4, -0.2) is 28.0 Å². The summed E-state index contributed by atoms with van der Waals surface area (Å²) in [5.74, 6) is -1.34. The van der Waals surface area contributed by atoms with Gasteiger partial charge in [0.2, 0.25) is 0 Å². The van der Waals surface area contributed by atoms with E-state index in [2.05, 4.69) is 4.98 Å². The number of hydrogen-bond donors (Lipinski definition) is 0. The van der Waals surface area contributed by atoms with Crippen LogP contribution in [0.25, 0.3) is 22.2 Å². The molecule has 1 aromatic heterocycles. The Balaban J connectivity index is 1.21. The largest absolute Gasteiger partial charge is 0.447 e. The van der Waals surface area contributed by atoms with Crippen LogP contribution in [0.3, 0.4) is 0 Å². The molecular weight excluding hydrogens is 571 g/mol. The van der Waals surface area contributed by atoms with Gasteiger partial charge in [0.1, 0.15) is 23.3 Å². The van der Waals surface area contributed by atoms with E-state index in [1.165, 1.54) is 31.2 Å². The molecule has 0 aliphatic carbocycles. The molecule has 44 heavy (non-hydrogen) atoms. The lowest BCUT2D eigenvalue weighted by atomic mass is 10.00. The van der Waals surface area contributed by atoms with E-state index < -0.39 is 23.7 Å². The summed E-state index contributed by atoms with van der Waals surface area (Å²) in [7, 11) is 0. The highest BCUT2D eigenvalue weighted by molar-refractivity contribution is 5.97. The maximum atomic E-state index is 15.7. The Morgan fingerprint density at radius 2 is 1.82 bits per heavy atom. The highest BCUT2D eigenvalue weighted by Crippen LogP contribution is 2.47. The van der Waals surface area contributed by atoms with Gasteiger partial charge in [-0.15, -0.1) is 0 Å². The first-order chi connectivity index (χ1) is 21.3. The van der Waals surface area contributed by atoms with E-state index in [0.29, 0.717) is 41.1 Å². The van der Waals surface area contributed by atoms with Crippen LogP contribution in [0.4, 0.5) is 13.2 Å². The smallest absolute Gasteiger partial charge is 0.270 e. The Kier molecular flexibility index (Phi) is 6.82. The van der Waals surface area contributed by atoms with E-state index >= 15 is 8.78 Å². The second kappa shape index (κ2) is 10.8. The molecule has 0 bridgehead atoms. The van der Waals surface area contributed by atoms with Crippen LogP contribution in [0.15, 0.2) is 66.7 Å². The van der Waals surface area contributed by atoms with Gasteiger partial charge in [0.25, 0.3) is 6.29 Å². The number of ether oxygens (including phenoxy) is 3. The summed E-state index contributed by atoms with van der Waals surface area (Å²) < 4.78 is 65.3. The zero-order valence-electron chi connectivity index (χ0n) is 23.4. The summed E-state index contributed by atoms with van der Waals surface area (Å²) in [4.78, 5) is 16.7. The van der Waals surface area contributed by atoms with Gasteiger partial charge in [0, 0.05) is 29.7 Å². The van der Waals surface area contributed by atoms with Crippen molar-refractivity contribution in [2.75, 3.05) is 6.61 Å². The molecule has 5 aromatic rings. The number of imidazole rings is 1. The number of nitriles is 1. The average Bonchev–Trinajstić information content (AvgIpc) is 3.57. The Labute approximate surface area is 250 Å². The number of benzene rings is 4. The Morgan fingerprint density at radius 3 is 2.50 bits per heavy atom. The summed E-state index contributed by atoms with van der Waals surface area (Å²) in [5, 5.41) is 9.03. The fraction of sp³-hybridized carbons (Fsp3) is 0.206. The van der Waals surface area contributed by atoms with E-state index in [1.54, 1.807) is 36.4 Å². The van der Waals surface area contributed by atoms with E-state index in [0.717, 1.165) is 12.5 Å². The lowest BCUT2D eigenvalue weighted by Gasteiger charge is -2.27. The second-order valence-corrected chi connectivity index (χ2v) is 10.8. The number of halogens is 3. The highest BCUT2D eigenvalue weighted by Gasteiger charge is 2.31. The molecule has 2 aliphatic heterocycles. The van der Waals surface area contributed by atoms with E-state index in [9.17, 15) is 9.18 Å². The molecule has 1 saturated heterocycles. The van der Waals surface area contributed by atoms with Crippen LogP contribution < -0.4 is 9.47 Å². The van der Waals surface area contributed by atoms with Gasteiger partial charge in [0.15, 0.2) is 17.3 Å². The molecule has 1 fully saturated rings. The summed E-state index contributed by atoms with van der Waals surface area (Å²) in [5.41, 5.74) is 2.51. The van der Waals surface area contributed by atoms with Crippen molar-refractivity contribution in [3.8, 4) is 28.7 Å². The lowest BCUT2D eigenvalue weighted by molar-refractivity contribution is -0.0589. The van der Waals surface area contributed by atoms with Gasteiger partial charge in [-0.25, -0.2) is 18.2 Å². The number of hydrogen-bond acceptors (Lipinski definition) is 6. The number of nitrogens with zero attached hydrogens (tertiary/aromatic N) is 3. The minimum Gasteiger partial charge on any atom is -0.447 e. The van der Waals surface area contributed by atoms with Gasteiger partial charge in [-0.2, -0.15) is 5.26 Å². The number of rotatable bonds is 7. The number of ketones is 1. The molecule has 0 unspecified atom stereocenters. The van der Waals surface area contributed by atoms with Crippen molar-refractivity contribution in [3.05, 3.63) is 112 Å². The molecule has 0 spiro atoms. The lowest BCUT2D eigenvalue weighted by Crippen LogP contribution is -2.31. The average molecular weight is 596 g/mol. The third-order valence-electron chi connectivity index (χ3n) is 8.02. The molecule has 0 radical (unpaired) electrons. The molecule has 0 amide bonds. The van der Waals surface area contributed by atoms with Crippen molar-refractivity contribution >= 4 is 16.8 Å². The van der Waals surface area contributed by atoms with E-state index in [-0.39, 0.29) is 52.1 Å². The van der Waals surface area contributed by atoms with Gasteiger partial charge in [0.05, 0.1) is 40.9 Å². The van der Waals surface area contributed by atoms with E-state index in [1.807, 2.05) is 10.6 Å². The van der Waals surface area contributed by atoms with Crippen LogP contribution in [0, 0.1) is 28.8 Å². The first kappa shape index (κ1) is 27.7. The SMILES string of the molecule is CC(=O)c1ccc2nc(Cc3c(F)cc(-c4cccc5c4O[C@H](c4ccc(C#N)cc4F)O5)cc3F)n(C[C@@H]3CCO3)c2c1. The fourth-order valence-electron chi connectivity index (χ4n) is 5.57. The van der Waals surface area contributed by atoms with Gasteiger partial charge in [-0.05, 0) is 73.5 Å². The minimum atomic E-state index is -1.14. The first-order valence-electron chi connectivity index (χ1n) is 14.0. The maximum absolute atomic E-state index is 15.7. The zero-order valence-corrected chi connectivity index (χ0v) is 23.4. The maximum Gasteiger partial charge on any atom is 0.270 e. The van der Waals surface area contributed by atoms with E-state index in [4.69, 9.17) is 19.5 Å². The van der Waals surface area contributed by atoms with Gasteiger partial charge >= 0.3 is 0 Å². The van der Waals surface area contributed by atoms with Crippen LogP contribution in [0.1, 0.15) is 52.5 Å². The number of para-hydroxylation sites is 1. The Hall–Kier alpha value is -5.14. The number of carbonyl (C=O) groups excluding carboxylic acids is 1. The second-order valence-electron chi connectivity index (χ2n) is 10.8. The molecule has 2 atom stereocenters. The highest BCUT2D eigenvalue weighted by atomic mass is 19.1. The van der Waals surface area contributed by atoms with Crippen LogP contribution in [0.5, 0.6) is 11.5 Å². The third kappa shape index (κ3) is 4.85. The summed E-state index contributed by atoms with van der Waals surface area (Å²) >= 11 is 0. The van der Waals surface area contributed by atoms with Gasteiger partial charge in [-0.3, -0.25) is 4.79 Å². The molecule has 2 aliphatic rings. The topological polar surface area (TPSA) is 86.4 Å². The van der Waals surface area contributed by atoms with Crippen molar-refractivity contribution < 1.29 is 32.2 Å². The van der Waals surface area contributed by atoms with Gasteiger partial charge < -0.3 is 18.8 Å². The van der Waals surface area contributed by atoms with Gasteiger partial charge in [-0.1, -0.05) is 12.1 Å². The van der Waals surface area contributed by atoms with Crippen molar-refractivity contribution in [2.24, 2.45) is 0 Å². The first-order valence-corrected chi connectivity index (χ1v) is 14.0. The molecule has 4 aromatic carbocycles. The molecule has 7 rings (SSSR count). The zero-order chi connectivity index (χ0) is 30.5. The molecule has 7 nitrogen and oxygen atoms in total. The van der Waals surface area contributed by atoms with Crippen molar-refractivity contribution in [3.63, 3.8) is 0 Å². The standard InChI is InChI=1S/C34H24F3N3O4/c1-18(41)20-6-8-29-30(14-20)40(17-22-9-10-42-22)32(39-29)15-25-27(36)12-21(13-28(25)37)23-3-2-4-31-33(23)44-34(43-31)24-7-5-19(16-38)11-26(24)35/h2-8,11-14,22,34H,9-10,15,17H2,1H3/t22-,34+/m0/s1.